The summed E-state index contributed by atoms with van der Waals surface area (Å²) in [6, 6.07) is 18.6. The molecule has 6 heteroatoms. The molecule has 1 aliphatic heterocycles. The summed E-state index contributed by atoms with van der Waals surface area (Å²) in [5.41, 5.74) is 3.29. The zero-order valence-electron chi connectivity index (χ0n) is 16.7. The average molecular weight is 404 g/mol. The second-order valence-electron chi connectivity index (χ2n) is 7.39. The molecule has 0 atom stereocenters. The van der Waals surface area contributed by atoms with E-state index in [4.69, 9.17) is 23.7 Å². The highest BCUT2D eigenvalue weighted by Crippen LogP contribution is 2.23. The third-order valence-corrected chi connectivity index (χ3v) is 5.64. The van der Waals surface area contributed by atoms with Gasteiger partial charge >= 0.3 is 0 Å². The van der Waals surface area contributed by atoms with Gasteiger partial charge in [0.05, 0.1) is 18.9 Å². The van der Waals surface area contributed by atoms with Crippen molar-refractivity contribution in [1.82, 2.24) is 24.1 Å². The van der Waals surface area contributed by atoms with E-state index in [9.17, 15) is 0 Å². The topological polar surface area (TPSA) is 29.2 Å². The van der Waals surface area contributed by atoms with Crippen molar-refractivity contribution in [3.8, 4) is 29.4 Å². The largest absolute Gasteiger partial charge is 0.290 e. The van der Waals surface area contributed by atoms with Crippen molar-refractivity contribution in [3.05, 3.63) is 64.9 Å². The molecule has 0 N–H and O–H groups in total. The molecule has 148 valence electrons. The summed E-state index contributed by atoms with van der Waals surface area (Å²) in [6.45, 7) is 7.36. The molecule has 0 bridgehead atoms. The zero-order chi connectivity index (χ0) is 20.2. The van der Waals surface area contributed by atoms with Crippen molar-refractivity contribution in [3.63, 3.8) is 0 Å². The van der Waals surface area contributed by atoms with Crippen LogP contribution in [0.15, 0.2) is 54.6 Å². The number of benzene rings is 2. The number of hydrogen-bond donors (Lipinski definition) is 0. The molecule has 0 radical (unpaired) electrons. The van der Waals surface area contributed by atoms with Gasteiger partial charge in [0.25, 0.3) is 0 Å². The molecule has 1 fully saturated rings. The summed E-state index contributed by atoms with van der Waals surface area (Å²) in [7, 11) is 0. The standard InChI is InChI=1S/C23H25N5S/c1-3-12-25-13-15-26(16-14-25)18-27-23(29)28(21-11-7-8-19(2)17-21)22(24-27)20-9-5-4-6-10-20/h1,4-11,17H,12-16,18H2,2H3. The first-order chi connectivity index (χ1) is 14.2. The minimum absolute atomic E-state index is 0.682. The highest BCUT2D eigenvalue weighted by molar-refractivity contribution is 7.71. The van der Waals surface area contributed by atoms with Gasteiger partial charge in [-0.2, -0.15) is 0 Å². The van der Waals surface area contributed by atoms with Crippen LogP contribution in [0, 0.1) is 24.0 Å². The zero-order valence-corrected chi connectivity index (χ0v) is 17.5. The smallest absolute Gasteiger partial charge is 0.204 e. The summed E-state index contributed by atoms with van der Waals surface area (Å²) in [5.74, 6) is 3.60. The van der Waals surface area contributed by atoms with Crippen LogP contribution in [-0.2, 0) is 6.67 Å². The lowest BCUT2D eigenvalue weighted by Crippen LogP contribution is -2.46. The third kappa shape index (κ3) is 4.33. The normalized spacial score (nSPS) is 15.3. The molecule has 3 aromatic rings. The van der Waals surface area contributed by atoms with Crippen molar-refractivity contribution in [1.29, 1.82) is 0 Å². The monoisotopic (exact) mass is 403 g/mol. The fourth-order valence-corrected chi connectivity index (χ4v) is 3.97. The summed E-state index contributed by atoms with van der Waals surface area (Å²) >= 11 is 5.87. The highest BCUT2D eigenvalue weighted by atomic mass is 32.1. The van der Waals surface area contributed by atoms with Gasteiger partial charge in [0.15, 0.2) is 5.82 Å². The van der Waals surface area contributed by atoms with Crippen molar-refractivity contribution in [2.24, 2.45) is 0 Å². The molecule has 1 aromatic heterocycles. The van der Waals surface area contributed by atoms with Gasteiger partial charge < -0.3 is 0 Å². The van der Waals surface area contributed by atoms with Gasteiger partial charge in [-0.3, -0.25) is 14.4 Å². The van der Waals surface area contributed by atoms with Crippen LogP contribution >= 0.6 is 12.2 Å². The second kappa shape index (κ2) is 8.75. The maximum Gasteiger partial charge on any atom is 0.204 e. The lowest BCUT2D eigenvalue weighted by Gasteiger charge is -2.33. The molecule has 4 rings (SSSR count). The Balaban J connectivity index is 1.68. The fourth-order valence-electron chi connectivity index (χ4n) is 3.68. The van der Waals surface area contributed by atoms with E-state index in [1.807, 2.05) is 22.9 Å². The molecule has 2 aromatic carbocycles. The van der Waals surface area contributed by atoms with Gasteiger partial charge in [0, 0.05) is 31.7 Å². The Morgan fingerprint density at radius 2 is 1.72 bits per heavy atom. The van der Waals surface area contributed by atoms with E-state index in [1.54, 1.807) is 0 Å². The molecule has 0 saturated carbocycles. The third-order valence-electron chi connectivity index (χ3n) is 5.24. The van der Waals surface area contributed by atoms with E-state index >= 15 is 0 Å². The number of nitrogens with zero attached hydrogens (tertiary/aromatic N) is 5. The Bertz CT molecular complexity index is 1070. The molecule has 0 unspecified atom stereocenters. The molecule has 1 aliphatic rings. The summed E-state index contributed by atoms with van der Waals surface area (Å²) in [5, 5.41) is 4.92. The number of terminal acetylenes is 1. The van der Waals surface area contributed by atoms with Crippen LogP contribution in [0.1, 0.15) is 5.56 Å². The molecule has 1 saturated heterocycles. The Labute approximate surface area is 177 Å². The minimum atomic E-state index is 0.682. The summed E-state index contributed by atoms with van der Waals surface area (Å²) in [4.78, 5) is 4.68. The summed E-state index contributed by atoms with van der Waals surface area (Å²) in [6.07, 6.45) is 5.44. The molecule has 0 aliphatic carbocycles. The maximum atomic E-state index is 5.87. The van der Waals surface area contributed by atoms with Crippen molar-refractivity contribution in [2.45, 2.75) is 13.6 Å². The molecule has 0 spiro atoms. The number of piperazine rings is 1. The first-order valence-electron chi connectivity index (χ1n) is 9.86. The van der Waals surface area contributed by atoms with Crippen LogP contribution in [0.4, 0.5) is 0 Å². The molecule has 0 amide bonds. The first kappa shape index (κ1) is 19.6. The molecular weight excluding hydrogens is 378 g/mol. The SMILES string of the molecule is C#CCN1CCN(Cn2nc(-c3ccccc3)n(-c3cccc(C)c3)c2=S)CC1. The van der Waals surface area contributed by atoms with E-state index in [0.29, 0.717) is 18.0 Å². The predicted molar refractivity (Wildman–Crippen MR) is 119 cm³/mol. The van der Waals surface area contributed by atoms with E-state index in [1.165, 1.54) is 5.56 Å². The average Bonchev–Trinajstić information content (AvgIpc) is 3.06. The fraction of sp³-hybridized carbons (Fsp3) is 0.304. The van der Waals surface area contributed by atoms with E-state index < -0.39 is 0 Å². The van der Waals surface area contributed by atoms with Crippen molar-refractivity contribution in [2.75, 3.05) is 32.7 Å². The van der Waals surface area contributed by atoms with Gasteiger partial charge in [0.2, 0.25) is 4.77 Å². The molecule has 5 nitrogen and oxygen atoms in total. The minimum Gasteiger partial charge on any atom is -0.290 e. The lowest BCUT2D eigenvalue weighted by atomic mass is 10.2. The Morgan fingerprint density at radius 1 is 1.00 bits per heavy atom. The van der Waals surface area contributed by atoms with Gasteiger partial charge in [-0.15, -0.1) is 11.5 Å². The van der Waals surface area contributed by atoms with E-state index in [2.05, 4.69) is 63.6 Å². The van der Waals surface area contributed by atoms with Crippen LogP contribution < -0.4 is 0 Å². The van der Waals surface area contributed by atoms with Crippen LogP contribution in [-0.4, -0.2) is 56.9 Å². The quantitative estimate of drug-likeness (QED) is 0.481. The van der Waals surface area contributed by atoms with Crippen molar-refractivity contribution >= 4 is 12.2 Å². The number of hydrogen-bond acceptors (Lipinski definition) is 4. The van der Waals surface area contributed by atoms with E-state index in [-0.39, 0.29) is 0 Å². The molecule has 29 heavy (non-hydrogen) atoms. The predicted octanol–water partition coefficient (Wildman–Crippen LogP) is 3.59. The Morgan fingerprint density at radius 3 is 2.41 bits per heavy atom. The van der Waals surface area contributed by atoms with Gasteiger partial charge in [-0.05, 0) is 36.8 Å². The van der Waals surface area contributed by atoms with Gasteiger partial charge in [-0.25, -0.2) is 4.68 Å². The van der Waals surface area contributed by atoms with Crippen molar-refractivity contribution < 1.29 is 0 Å². The second-order valence-corrected chi connectivity index (χ2v) is 7.75. The number of aryl methyl sites for hydroxylation is 1. The van der Waals surface area contributed by atoms with Gasteiger partial charge in [0.1, 0.15) is 0 Å². The van der Waals surface area contributed by atoms with E-state index in [0.717, 1.165) is 43.3 Å². The summed E-state index contributed by atoms with van der Waals surface area (Å²) < 4.78 is 4.73. The maximum absolute atomic E-state index is 5.87. The Kier molecular flexibility index (Phi) is 5.91. The first-order valence-corrected chi connectivity index (χ1v) is 10.3. The number of aromatic nitrogens is 3. The van der Waals surface area contributed by atoms with Crippen LogP contribution in [0.2, 0.25) is 0 Å². The van der Waals surface area contributed by atoms with Crippen LogP contribution in [0.25, 0.3) is 17.1 Å². The highest BCUT2D eigenvalue weighted by Gasteiger charge is 2.19. The van der Waals surface area contributed by atoms with Gasteiger partial charge in [-0.1, -0.05) is 48.4 Å². The van der Waals surface area contributed by atoms with Crippen LogP contribution in [0.3, 0.4) is 0 Å². The lowest BCUT2D eigenvalue weighted by molar-refractivity contribution is 0.111. The number of rotatable bonds is 5. The molecule has 2 heterocycles. The molecular formula is C23H25N5S. The van der Waals surface area contributed by atoms with Crippen LogP contribution in [0.5, 0.6) is 0 Å². The Hall–Kier alpha value is -2.72.